The van der Waals surface area contributed by atoms with Crippen LogP contribution in [-0.4, -0.2) is 15.0 Å². The smallest absolute Gasteiger partial charge is 0.227 e. The van der Waals surface area contributed by atoms with Crippen molar-refractivity contribution in [2.24, 2.45) is 32.5 Å². The predicted molar refractivity (Wildman–Crippen MR) is 355 cm³/mol. The zero-order chi connectivity index (χ0) is 62.8. The normalized spacial score (nSPS) is 12.3. The summed E-state index contributed by atoms with van der Waals surface area (Å²) in [4.78, 5) is 13.7. The lowest BCUT2D eigenvalue weighted by Crippen LogP contribution is -2.31. The summed E-state index contributed by atoms with van der Waals surface area (Å²) >= 11 is 0. The van der Waals surface area contributed by atoms with Crippen molar-refractivity contribution in [3.63, 3.8) is 0 Å². The van der Waals surface area contributed by atoms with Gasteiger partial charge in [0.2, 0.25) is 34.2 Å². The molecular formula is C78H77N6O3+3. The molecule has 9 nitrogen and oxygen atoms in total. The summed E-state index contributed by atoms with van der Waals surface area (Å²) in [6, 6.07) is 57.1. The molecule has 5 aromatic carbocycles. The minimum absolute atomic E-state index is 0.522. The van der Waals surface area contributed by atoms with Gasteiger partial charge in [0.25, 0.3) is 0 Å². The van der Waals surface area contributed by atoms with Gasteiger partial charge in [-0.15, -0.1) is 0 Å². The molecule has 0 aliphatic heterocycles. The molecule has 434 valence electrons. The van der Waals surface area contributed by atoms with Crippen molar-refractivity contribution >= 4 is 66.2 Å². The van der Waals surface area contributed by atoms with Crippen LogP contribution in [0.15, 0.2) is 196 Å². The van der Waals surface area contributed by atoms with Crippen molar-refractivity contribution in [3.8, 4) is 56.0 Å². The third-order valence-corrected chi connectivity index (χ3v) is 16.3. The second-order valence-corrected chi connectivity index (χ2v) is 24.9. The van der Waals surface area contributed by atoms with E-state index in [1.54, 1.807) is 0 Å². The van der Waals surface area contributed by atoms with Crippen LogP contribution in [0.4, 0.5) is 0 Å². The van der Waals surface area contributed by atoms with E-state index in [0.717, 1.165) is 112 Å². The van der Waals surface area contributed by atoms with Crippen LogP contribution < -0.4 is 13.7 Å². The maximum absolute atomic E-state index is 8.70. The van der Waals surface area contributed by atoms with Gasteiger partial charge in [0.15, 0.2) is 35.3 Å². The highest BCUT2D eigenvalue weighted by Gasteiger charge is 2.26. The Hall–Kier alpha value is -9.60. The van der Waals surface area contributed by atoms with E-state index >= 15 is 0 Å². The maximum atomic E-state index is 8.70. The van der Waals surface area contributed by atoms with Crippen molar-refractivity contribution in [1.82, 2.24) is 15.0 Å². The Morgan fingerprint density at radius 2 is 0.805 bits per heavy atom. The molecule has 0 saturated carbocycles. The Kier molecular flexibility index (Phi) is 14.8. The molecule has 0 aliphatic carbocycles. The van der Waals surface area contributed by atoms with Crippen LogP contribution in [-0.2, 0) is 33.9 Å². The third kappa shape index (κ3) is 11.7. The highest BCUT2D eigenvalue weighted by atomic mass is 16.3. The molecule has 0 saturated heterocycles. The van der Waals surface area contributed by atoms with E-state index in [1.807, 2.05) is 95.8 Å². The first-order valence-electron chi connectivity index (χ1n) is 31.1. The number of hydrogen-bond acceptors (Lipinski definition) is 6. The van der Waals surface area contributed by atoms with E-state index in [-0.39, 0.29) is 0 Å². The van der Waals surface area contributed by atoms with Gasteiger partial charge in [-0.2, -0.15) is 0 Å². The fourth-order valence-electron chi connectivity index (χ4n) is 12.0. The molecule has 87 heavy (non-hydrogen) atoms. The van der Waals surface area contributed by atoms with Gasteiger partial charge in [0.05, 0.1) is 16.7 Å². The average molecular weight is 1150 g/mol. The van der Waals surface area contributed by atoms with Crippen LogP contribution in [0.1, 0.15) is 82.3 Å². The van der Waals surface area contributed by atoms with E-state index in [9.17, 15) is 0 Å². The third-order valence-electron chi connectivity index (χ3n) is 16.3. The summed E-state index contributed by atoms with van der Waals surface area (Å²) in [6.45, 7) is 22.6. The topological polar surface area (TPSA) is 89.7 Å². The van der Waals surface area contributed by atoms with Gasteiger partial charge in [0.1, 0.15) is 21.1 Å². The molecule has 0 amide bonds. The summed E-state index contributed by atoms with van der Waals surface area (Å²) in [6.07, 6.45) is 5.95. The quantitative estimate of drug-likeness (QED) is 0.141. The zero-order valence-electron chi connectivity index (χ0n) is 54.5. The zero-order valence-corrected chi connectivity index (χ0v) is 52.5. The number of hydrogen-bond donors (Lipinski definition) is 0. The van der Waals surface area contributed by atoms with Crippen LogP contribution in [0.5, 0.6) is 0 Å². The van der Waals surface area contributed by atoms with Gasteiger partial charge in [-0.25, -0.2) is 28.7 Å². The molecule has 0 spiro atoms. The highest BCUT2D eigenvalue weighted by molar-refractivity contribution is 6.11. The van der Waals surface area contributed by atoms with E-state index in [1.165, 1.54) is 38.9 Å². The predicted octanol–water partition coefficient (Wildman–Crippen LogP) is 18.4. The number of aryl methyl sites for hydroxylation is 9. The maximum Gasteiger partial charge on any atom is 0.227 e. The van der Waals surface area contributed by atoms with Gasteiger partial charge >= 0.3 is 0 Å². The van der Waals surface area contributed by atoms with Gasteiger partial charge in [-0.05, 0) is 153 Å². The lowest BCUT2D eigenvalue weighted by molar-refractivity contribution is -0.660. The van der Waals surface area contributed by atoms with Gasteiger partial charge in [-0.1, -0.05) is 126 Å². The Balaban J connectivity index is 0.000000130. The molecule has 9 heteroatoms. The van der Waals surface area contributed by atoms with Gasteiger partial charge in [-0.3, -0.25) is 0 Å². The molecule has 0 radical (unpaired) electrons. The van der Waals surface area contributed by atoms with E-state index in [4.69, 9.17) is 16.0 Å². The number of furan rings is 3. The van der Waals surface area contributed by atoms with Crippen LogP contribution in [0.3, 0.4) is 0 Å². The van der Waals surface area contributed by atoms with Crippen molar-refractivity contribution in [3.05, 3.63) is 227 Å². The lowest BCUT2D eigenvalue weighted by atomic mass is 9.88. The molecule has 0 bridgehead atoms. The van der Waals surface area contributed by atoms with Crippen molar-refractivity contribution in [2.45, 2.75) is 89.0 Å². The number of rotatable bonds is 8. The minimum Gasteiger partial charge on any atom is -0.437 e. The van der Waals surface area contributed by atoms with Gasteiger partial charge in [0, 0.05) is 87.5 Å². The molecule has 0 unspecified atom stereocenters. The van der Waals surface area contributed by atoms with E-state index in [0.29, 0.717) is 28.6 Å². The summed E-state index contributed by atoms with van der Waals surface area (Å²) < 4.78 is 42.6. The van der Waals surface area contributed by atoms with Crippen LogP contribution >= 0.6 is 0 Å². The van der Waals surface area contributed by atoms with Crippen LogP contribution in [0.25, 0.3) is 122 Å². The number of fused-ring (bicyclic) bond motifs is 9. The Morgan fingerprint density at radius 1 is 0.414 bits per heavy atom. The largest absolute Gasteiger partial charge is 0.437 e. The fraction of sp³-hybridized carbons (Fsp3) is 0.231. The van der Waals surface area contributed by atoms with Crippen molar-refractivity contribution in [1.29, 1.82) is 0 Å². The number of aromatic nitrogens is 6. The van der Waals surface area contributed by atoms with Crippen molar-refractivity contribution < 1.29 is 29.7 Å². The Bertz CT molecular complexity index is 5030. The highest BCUT2D eigenvalue weighted by Crippen LogP contribution is 2.40. The van der Waals surface area contributed by atoms with Crippen molar-refractivity contribution in [2.75, 3.05) is 0 Å². The number of pyridine rings is 6. The Labute approximate surface area is 513 Å². The Morgan fingerprint density at radius 3 is 1.21 bits per heavy atom. The van der Waals surface area contributed by atoms with E-state index < -0.39 is 11.8 Å². The first kappa shape index (κ1) is 55.3. The standard InChI is InChI=1S/C29H29N2O.C25H21N2O.C24H27N2O/c1-18(2)16-21-8-10-22(11-9-21)23-12-15-26(31(5)17-23)27-19(3)6-13-24-25-14-7-20(4)30-29(25)32-28(24)27;1-16-9-12-20-21-13-10-17(2)26-25(21)28-24(20)23(16)22-14-11-19(15-27(22)3)18-7-5-4-6-8-18;1-15-7-9-18-19-10-8-16(2)25-23(19)27-22(18)21(15)20-13-17(11-12-26(20)6)14-24(3,4)5/h6-15,17-18H,16H2,1-5H3;4-15H,1-3H3;7-13H,14H2,1-6H3/q3*+1/i;;14D2. The van der Waals surface area contributed by atoms with Gasteiger partial charge < -0.3 is 13.3 Å². The monoisotopic (exact) mass is 1150 g/mol. The fourth-order valence-corrected chi connectivity index (χ4v) is 12.0. The number of nitrogens with zero attached hydrogens (tertiary/aromatic N) is 6. The minimum atomic E-state index is -1.47. The first-order chi connectivity index (χ1) is 42.5. The summed E-state index contributed by atoms with van der Waals surface area (Å²) in [7, 11) is 6.18. The molecule has 0 fully saturated rings. The van der Waals surface area contributed by atoms with Crippen LogP contribution in [0, 0.1) is 52.9 Å². The molecule has 0 aliphatic rings. The molecule has 0 N–H and O–H groups in total. The summed E-state index contributed by atoms with van der Waals surface area (Å²) in [5.74, 6) is 0.668. The molecule has 0 atom stereocenters. The summed E-state index contributed by atoms with van der Waals surface area (Å²) in [5, 5.41) is 6.36. The first-order valence-corrected chi connectivity index (χ1v) is 30.1. The SMILES string of the molecule is Cc1ccc2c(n1)oc1c(-c3ccc(-c4ccc(CC(C)C)cc4)c[n+]3C)c(C)ccc12.Cc1ccc2c(n1)oc1c(-c3ccc(-c4ccccc4)c[n+]3C)c(C)ccc12.[2H]C([2H])(c1cc[n+](C)c(-c2c(C)ccc3c2oc2nc(C)ccc23)c1)C(C)(C)C. The molecular weight excluding hydrogens is 1070 g/mol. The molecule has 14 aromatic rings. The average Bonchev–Trinajstić information content (AvgIpc) is 1.73. The molecule has 9 aromatic heterocycles. The molecule has 14 rings (SSSR count). The number of benzene rings is 5. The molecule has 9 heterocycles. The lowest BCUT2D eigenvalue weighted by Gasteiger charge is -2.18. The van der Waals surface area contributed by atoms with E-state index in [2.05, 4.69) is 213 Å². The summed E-state index contributed by atoms with van der Waals surface area (Å²) in [5.41, 5.74) is 23.7. The second kappa shape index (κ2) is 23.3. The van der Waals surface area contributed by atoms with Crippen LogP contribution in [0.2, 0.25) is 0 Å². The second-order valence-electron chi connectivity index (χ2n) is 24.9.